The molecule has 0 aliphatic carbocycles. The van der Waals surface area contributed by atoms with Gasteiger partial charge in [-0.25, -0.2) is 0 Å². The lowest BCUT2D eigenvalue weighted by molar-refractivity contribution is 0.0953. The molecule has 112 valence electrons. The molecule has 1 amide bonds. The SMILES string of the molecule is CC(C)CCCCCCNC(=O)c1cccc(Br)c1Cl. The van der Waals surface area contributed by atoms with Gasteiger partial charge in [-0.1, -0.05) is 57.2 Å². The minimum atomic E-state index is -0.0986. The Morgan fingerprint density at radius 1 is 1.25 bits per heavy atom. The van der Waals surface area contributed by atoms with Gasteiger partial charge >= 0.3 is 0 Å². The van der Waals surface area contributed by atoms with Gasteiger partial charge in [0.05, 0.1) is 10.6 Å². The summed E-state index contributed by atoms with van der Waals surface area (Å²) in [4.78, 5) is 12.0. The molecule has 0 saturated heterocycles. The molecule has 20 heavy (non-hydrogen) atoms. The van der Waals surface area contributed by atoms with Crippen LogP contribution in [-0.4, -0.2) is 12.5 Å². The summed E-state index contributed by atoms with van der Waals surface area (Å²) in [5.74, 6) is 0.687. The number of rotatable bonds is 8. The largest absolute Gasteiger partial charge is 0.352 e. The van der Waals surface area contributed by atoms with E-state index in [9.17, 15) is 4.79 Å². The summed E-state index contributed by atoms with van der Waals surface area (Å²) < 4.78 is 0.750. The van der Waals surface area contributed by atoms with Gasteiger partial charge in [0.2, 0.25) is 0 Å². The van der Waals surface area contributed by atoms with E-state index in [1.807, 2.05) is 12.1 Å². The van der Waals surface area contributed by atoms with Crippen molar-refractivity contribution in [1.29, 1.82) is 0 Å². The monoisotopic (exact) mass is 359 g/mol. The first-order chi connectivity index (χ1) is 9.52. The molecule has 0 unspecified atom stereocenters. The molecule has 4 heteroatoms. The summed E-state index contributed by atoms with van der Waals surface area (Å²) in [6.07, 6.45) is 6.00. The zero-order valence-electron chi connectivity index (χ0n) is 12.2. The fourth-order valence-electron chi connectivity index (χ4n) is 2.01. The Balaban J connectivity index is 2.22. The third kappa shape index (κ3) is 6.27. The van der Waals surface area contributed by atoms with Crippen LogP contribution in [0.4, 0.5) is 0 Å². The van der Waals surface area contributed by atoms with Crippen molar-refractivity contribution in [2.24, 2.45) is 5.92 Å². The summed E-state index contributed by atoms with van der Waals surface area (Å²) >= 11 is 9.42. The summed E-state index contributed by atoms with van der Waals surface area (Å²) in [7, 11) is 0. The molecule has 0 bridgehead atoms. The Morgan fingerprint density at radius 3 is 2.65 bits per heavy atom. The van der Waals surface area contributed by atoms with Crippen LogP contribution in [0.15, 0.2) is 22.7 Å². The molecular formula is C16H23BrClNO. The van der Waals surface area contributed by atoms with Crippen molar-refractivity contribution in [3.8, 4) is 0 Å². The van der Waals surface area contributed by atoms with Gasteiger partial charge in [0, 0.05) is 11.0 Å². The molecule has 0 fully saturated rings. The molecule has 0 saturated carbocycles. The predicted octanol–water partition coefficient (Wildman–Crippen LogP) is 5.44. The van der Waals surface area contributed by atoms with Gasteiger partial charge in [0.25, 0.3) is 5.91 Å². The maximum absolute atomic E-state index is 12.0. The quantitative estimate of drug-likeness (QED) is 0.615. The van der Waals surface area contributed by atoms with Gasteiger partial charge in [0.1, 0.15) is 0 Å². The van der Waals surface area contributed by atoms with Gasteiger partial charge in [-0.3, -0.25) is 4.79 Å². The number of unbranched alkanes of at least 4 members (excludes halogenated alkanes) is 3. The lowest BCUT2D eigenvalue weighted by Gasteiger charge is -2.08. The van der Waals surface area contributed by atoms with Gasteiger partial charge in [-0.2, -0.15) is 0 Å². The molecule has 0 atom stereocenters. The molecule has 0 aliphatic rings. The van der Waals surface area contributed by atoms with E-state index in [0.29, 0.717) is 17.1 Å². The first-order valence-electron chi connectivity index (χ1n) is 7.24. The normalized spacial score (nSPS) is 10.8. The van der Waals surface area contributed by atoms with Crippen LogP contribution in [0.5, 0.6) is 0 Å². The Kier molecular flexibility index (Phi) is 8.24. The van der Waals surface area contributed by atoms with Crippen molar-refractivity contribution in [2.75, 3.05) is 6.54 Å². The Labute approximate surface area is 135 Å². The standard InChI is InChI=1S/C16H23BrClNO/c1-12(2)8-5-3-4-6-11-19-16(20)13-9-7-10-14(17)15(13)18/h7,9-10,12H,3-6,8,11H2,1-2H3,(H,19,20). The van der Waals surface area contributed by atoms with Crippen molar-refractivity contribution in [3.05, 3.63) is 33.3 Å². The molecule has 1 rings (SSSR count). The third-order valence-corrected chi connectivity index (χ3v) is 4.49. The maximum Gasteiger partial charge on any atom is 0.252 e. The highest BCUT2D eigenvalue weighted by molar-refractivity contribution is 9.10. The predicted molar refractivity (Wildman–Crippen MR) is 89.4 cm³/mol. The molecule has 1 N–H and O–H groups in total. The zero-order chi connectivity index (χ0) is 15.0. The van der Waals surface area contributed by atoms with Crippen LogP contribution >= 0.6 is 27.5 Å². The second-order valence-electron chi connectivity index (χ2n) is 5.45. The lowest BCUT2D eigenvalue weighted by Crippen LogP contribution is -2.24. The molecular weight excluding hydrogens is 338 g/mol. The summed E-state index contributed by atoms with van der Waals surface area (Å²) in [6.45, 7) is 5.22. The van der Waals surface area contributed by atoms with Crippen molar-refractivity contribution >= 4 is 33.4 Å². The van der Waals surface area contributed by atoms with Gasteiger partial charge in [0.15, 0.2) is 0 Å². The van der Waals surface area contributed by atoms with E-state index in [4.69, 9.17) is 11.6 Å². The second-order valence-corrected chi connectivity index (χ2v) is 6.69. The average molecular weight is 361 g/mol. The Hall–Kier alpha value is -0.540. The van der Waals surface area contributed by atoms with Crippen LogP contribution in [-0.2, 0) is 0 Å². The van der Waals surface area contributed by atoms with E-state index in [2.05, 4.69) is 35.1 Å². The van der Waals surface area contributed by atoms with Crippen LogP contribution < -0.4 is 5.32 Å². The van der Waals surface area contributed by atoms with Crippen molar-refractivity contribution in [2.45, 2.75) is 46.0 Å². The molecule has 2 nitrogen and oxygen atoms in total. The number of nitrogens with one attached hydrogen (secondary N) is 1. The molecule has 0 heterocycles. The number of carbonyl (C=O) groups is 1. The molecule has 0 aliphatic heterocycles. The molecule has 0 aromatic heterocycles. The van der Waals surface area contributed by atoms with E-state index in [0.717, 1.165) is 16.8 Å². The first kappa shape index (κ1) is 17.5. The second kappa shape index (κ2) is 9.41. The zero-order valence-corrected chi connectivity index (χ0v) is 14.6. The first-order valence-corrected chi connectivity index (χ1v) is 8.41. The van der Waals surface area contributed by atoms with Crippen LogP contribution in [0.3, 0.4) is 0 Å². The smallest absolute Gasteiger partial charge is 0.252 e. The molecule has 0 radical (unpaired) electrons. The summed E-state index contributed by atoms with van der Waals surface area (Å²) in [5, 5.41) is 3.40. The van der Waals surface area contributed by atoms with Crippen molar-refractivity contribution in [1.82, 2.24) is 5.32 Å². The number of hydrogen-bond donors (Lipinski definition) is 1. The highest BCUT2D eigenvalue weighted by Crippen LogP contribution is 2.25. The van der Waals surface area contributed by atoms with E-state index < -0.39 is 0 Å². The van der Waals surface area contributed by atoms with Crippen LogP contribution in [0, 0.1) is 5.92 Å². The van der Waals surface area contributed by atoms with Crippen LogP contribution in [0.1, 0.15) is 56.3 Å². The van der Waals surface area contributed by atoms with Gasteiger partial charge in [-0.15, -0.1) is 0 Å². The minimum Gasteiger partial charge on any atom is -0.352 e. The summed E-state index contributed by atoms with van der Waals surface area (Å²) in [5.41, 5.74) is 0.529. The minimum absolute atomic E-state index is 0.0986. The van der Waals surface area contributed by atoms with Gasteiger partial charge in [-0.05, 0) is 40.4 Å². The number of amides is 1. The Bertz CT molecular complexity index is 434. The fourth-order valence-corrected chi connectivity index (χ4v) is 2.59. The Morgan fingerprint density at radius 2 is 1.95 bits per heavy atom. The van der Waals surface area contributed by atoms with Crippen LogP contribution in [0.25, 0.3) is 0 Å². The van der Waals surface area contributed by atoms with E-state index in [1.54, 1.807) is 6.07 Å². The fraction of sp³-hybridized carbons (Fsp3) is 0.562. The number of halogens is 2. The third-order valence-electron chi connectivity index (χ3n) is 3.19. The van der Waals surface area contributed by atoms with E-state index >= 15 is 0 Å². The van der Waals surface area contributed by atoms with E-state index in [-0.39, 0.29) is 5.91 Å². The molecule has 0 spiro atoms. The van der Waals surface area contributed by atoms with Crippen LogP contribution in [0.2, 0.25) is 5.02 Å². The average Bonchev–Trinajstić information content (AvgIpc) is 2.40. The lowest BCUT2D eigenvalue weighted by atomic mass is 10.0. The van der Waals surface area contributed by atoms with E-state index in [1.165, 1.54) is 25.7 Å². The maximum atomic E-state index is 12.0. The summed E-state index contributed by atoms with van der Waals surface area (Å²) in [6, 6.07) is 5.38. The topological polar surface area (TPSA) is 29.1 Å². The van der Waals surface area contributed by atoms with Gasteiger partial charge < -0.3 is 5.32 Å². The highest BCUT2D eigenvalue weighted by Gasteiger charge is 2.11. The number of benzene rings is 1. The van der Waals surface area contributed by atoms with Crippen molar-refractivity contribution < 1.29 is 4.79 Å². The highest BCUT2D eigenvalue weighted by atomic mass is 79.9. The number of carbonyl (C=O) groups excluding carboxylic acids is 1. The number of hydrogen-bond acceptors (Lipinski definition) is 1. The van der Waals surface area contributed by atoms with Crippen molar-refractivity contribution in [3.63, 3.8) is 0 Å². The molecule has 1 aromatic rings. The molecule has 1 aromatic carbocycles.